The number of thioether (sulfide) groups is 1. The van der Waals surface area contributed by atoms with E-state index in [-0.39, 0.29) is 17.4 Å². The number of halogens is 3. The average Bonchev–Trinajstić information content (AvgIpc) is 3.11. The van der Waals surface area contributed by atoms with Crippen molar-refractivity contribution in [3.05, 3.63) is 60.3 Å². The number of carbonyl (C=O) groups is 1. The Kier molecular flexibility index (Phi) is 7.36. The first-order chi connectivity index (χ1) is 14.5. The highest BCUT2D eigenvalue weighted by Crippen LogP contribution is 2.26. The van der Waals surface area contributed by atoms with Crippen LogP contribution in [0.15, 0.2) is 60.4 Å². The highest BCUT2D eigenvalue weighted by molar-refractivity contribution is 7.99. The van der Waals surface area contributed by atoms with Crippen molar-refractivity contribution < 1.29 is 18.3 Å². The predicted octanol–water partition coefficient (Wildman–Crippen LogP) is 4.51. The number of alkyl halides is 2. The number of nitrogens with one attached hydrogen (secondary N) is 1. The number of benzene rings is 1. The van der Waals surface area contributed by atoms with Gasteiger partial charge in [0.2, 0.25) is 5.91 Å². The van der Waals surface area contributed by atoms with Crippen LogP contribution in [0, 0.1) is 0 Å². The molecule has 3 aromatic rings. The lowest BCUT2D eigenvalue weighted by molar-refractivity contribution is -0.113. The first kappa shape index (κ1) is 21.7. The van der Waals surface area contributed by atoms with Crippen LogP contribution >= 0.6 is 23.4 Å². The Labute approximate surface area is 180 Å². The topological polar surface area (TPSA) is 81.9 Å². The molecule has 0 aliphatic heterocycles. The Hall–Kier alpha value is -2.98. The van der Waals surface area contributed by atoms with Crippen LogP contribution in [-0.4, -0.2) is 38.0 Å². The number of anilines is 1. The summed E-state index contributed by atoms with van der Waals surface area (Å²) in [6.07, 6.45) is 3.11. The van der Waals surface area contributed by atoms with E-state index in [4.69, 9.17) is 11.6 Å². The van der Waals surface area contributed by atoms with Crippen LogP contribution in [0.4, 0.5) is 14.6 Å². The summed E-state index contributed by atoms with van der Waals surface area (Å²) in [6, 6.07) is 9.29. The highest BCUT2D eigenvalue weighted by Gasteiger charge is 2.16. The standard InChI is InChI=1S/C19H16ClF2N5O2S/c1-2-9-27-17(12-3-6-14(7-4-12)29-18(21)22)25-26-19(27)30-11-16(28)24-15-8-5-13(20)10-23-15/h2-8,10,18H,1,9,11H2,(H,23,24,28). The summed E-state index contributed by atoms with van der Waals surface area (Å²) >= 11 is 6.97. The number of nitrogens with zero attached hydrogens (tertiary/aromatic N) is 4. The van der Waals surface area contributed by atoms with Gasteiger partial charge in [-0.15, -0.1) is 16.8 Å². The van der Waals surface area contributed by atoms with Crippen molar-refractivity contribution in [3.63, 3.8) is 0 Å². The summed E-state index contributed by atoms with van der Waals surface area (Å²) in [5, 5.41) is 12.0. The molecule has 2 heterocycles. The van der Waals surface area contributed by atoms with Gasteiger partial charge in [0.25, 0.3) is 0 Å². The zero-order chi connectivity index (χ0) is 21.5. The van der Waals surface area contributed by atoms with Crippen molar-refractivity contribution in [1.82, 2.24) is 19.7 Å². The number of ether oxygens (including phenoxy) is 1. The van der Waals surface area contributed by atoms with E-state index < -0.39 is 6.61 Å². The molecule has 0 bridgehead atoms. The van der Waals surface area contributed by atoms with Gasteiger partial charge in [0, 0.05) is 18.3 Å². The lowest BCUT2D eigenvalue weighted by atomic mass is 10.2. The van der Waals surface area contributed by atoms with Crippen LogP contribution < -0.4 is 10.1 Å². The van der Waals surface area contributed by atoms with Gasteiger partial charge in [-0.05, 0) is 36.4 Å². The van der Waals surface area contributed by atoms with Crippen molar-refractivity contribution >= 4 is 35.1 Å². The van der Waals surface area contributed by atoms with E-state index in [1.807, 2.05) is 0 Å². The van der Waals surface area contributed by atoms with E-state index in [2.05, 4.69) is 31.8 Å². The minimum absolute atomic E-state index is 0.0469. The molecule has 11 heteroatoms. The Morgan fingerprint density at radius 1 is 1.27 bits per heavy atom. The van der Waals surface area contributed by atoms with E-state index >= 15 is 0 Å². The third-order valence-corrected chi connectivity index (χ3v) is 4.88. The zero-order valence-corrected chi connectivity index (χ0v) is 17.0. The van der Waals surface area contributed by atoms with Crippen LogP contribution in [0.3, 0.4) is 0 Å². The zero-order valence-electron chi connectivity index (χ0n) is 15.5. The fraction of sp³-hybridized carbons (Fsp3) is 0.158. The Morgan fingerprint density at radius 3 is 2.67 bits per heavy atom. The first-order valence-corrected chi connectivity index (χ1v) is 9.96. The van der Waals surface area contributed by atoms with Crippen LogP contribution in [0.1, 0.15) is 0 Å². The molecule has 1 amide bonds. The molecular formula is C19H16ClF2N5O2S. The molecule has 0 atom stereocenters. The predicted molar refractivity (Wildman–Crippen MR) is 111 cm³/mol. The van der Waals surface area contributed by atoms with Gasteiger partial charge in [0.05, 0.1) is 10.8 Å². The van der Waals surface area contributed by atoms with Gasteiger partial charge in [0.15, 0.2) is 11.0 Å². The fourth-order valence-electron chi connectivity index (χ4n) is 2.45. The van der Waals surface area contributed by atoms with Gasteiger partial charge in [-0.1, -0.05) is 29.4 Å². The first-order valence-electron chi connectivity index (χ1n) is 8.60. The summed E-state index contributed by atoms with van der Waals surface area (Å²) in [7, 11) is 0. The number of aromatic nitrogens is 4. The molecular weight excluding hydrogens is 436 g/mol. The Balaban J connectivity index is 1.70. The molecule has 0 aliphatic rings. The second kappa shape index (κ2) is 10.2. The molecule has 156 valence electrons. The SMILES string of the molecule is C=CCn1c(SCC(=O)Nc2ccc(Cl)cn2)nnc1-c1ccc(OC(F)F)cc1. The van der Waals surface area contributed by atoms with Crippen molar-refractivity contribution in [3.8, 4) is 17.1 Å². The normalized spacial score (nSPS) is 10.8. The second-order valence-corrected chi connectivity index (χ2v) is 7.19. The molecule has 0 saturated carbocycles. The van der Waals surface area contributed by atoms with Gasteiger partial charge >= 0.3 is 6.61 Å². The maximum atomic E-state index is 12.3. The molecule has 0 unspecified atom stereocenters. The molecule has 0 aliphatic carbocycles. The molecule has 3 rings (SSSR count). The number of pyridine rings is 1. The van der Waals surface area contributed by atoms with Crippen molar-refractivity contribution in [1.29, 1.82) is 0 Å². The number of carbonyl (C=O) groups excluding carboxylic acids is 1. The summed E-state index contributed by atoms with van der Waals surface area (Å²) in [6.45, 7) is 1.24. The number of amides is 1. The molecule has 0 radical (unpaired) electrons. The minimum atomic E-state index is -2.89. The molecule has 7 nitrogen and oxygen atoms in total. The minimum Gasteiger partial charge on any atom is -0.435 e. The van der Waals surface area contributed by atoms with Crippen molar-refractivity contribution in [2.75, 3.05) is 11.1 Å². The molecule has 0 fully saturated rings. The molecule has 2 aromatic heterocycles. The third-order valence-electron chi connectivity index (χ3n) is 3.69. The number of allylic oxidation sites excluding steroid dienone is 1. The molecule has 0 saturated heterocycles. The maximum Gasteiger partial charge on any atom is 0.387 e. The van der Waals surface area contributed by atoms with Gasteiger partial charge in [-0.2, -0.15) is 8.78 Å². The fourth-order valence-corrected chi connectivity index (χ4v) is 3.31. The van der Waals surface area contributed by atoms with Gasteiger partial charge < -0.3 is 10.1 Å². The van der Waals surface area contributed by atoms with Gasteiger partial charge in [-0.3, -0.25) is 9.36 Å². The largest absolute Gasteiger partial charge is 0.435 e. The van der Waals surface area contributed by atoms with E-state index in [0.29, 0.717) is 33.9 Å². The van der Waals surface area contributed by atoms with E-state index in [0.717, 1.165) is 0 Å². The molecule has 1 N–H and O–H groups in total. The third kappa shape index (κ3) is 5.77. The maximum absolute atomic E-state index is 12.3. The highest BCUT2D eigenvalue weighted by atomic mass is 35.5. The van der Waals surface area contributed by atoms with E-state index in [1.54, 1.807) is 34.9 Å². The summed E-state index contributed by atoms with van der Waals surface area (Å²) in [5.41, 5.74) is 0.660. The summed E-state index contributed by atoms with van der Waals surface area (Å²) < 4.78 is 30.8. The smallest absolute Gasteiger partial charge is 0.387 e. The second-order valence-electron chi connectivity index (χ2n) is 5.81. The van der Waals surface area contributed by atoms with Crippen molar-refractivity contribution in [2.45, 2.75) is 18.3 Å². The Bertz CT molecular complexity index is 1010. The summed E-state index contributed by atoms with van der Waals surface area (Å²) in [5.74, 6) is 0.773. The van der Waals surface area contributed by atoms with Crippen LogP contribution in [0.25, 0.3) is 11.4 Å². The number of rotatable bonds is 9. The van der Waals surface area contributed by atoms with E-state index in [9.17, 15) is 13.6 Å². The van der Waals surface area contributed by atoms with Gasteiger partial charge in [0.1, 0.15) is 11.6 Å². The summed E-state index contributed by atoms with van der Waals surface area (Å²) in [4.78, 5) is 16.2. The molecule has 30 heavy (non-hydrogen) atoms. The van der Waals surface area contributed by atoms with Gasteiger partial charge in [-0.25, -0.2) is 4.98 Å². The monoisotopic (exact) mass is 451 g/mol. The quantitative estimate of drug-likeness (QED) is 0.380. The van der Waals surface area contributed by atoms with Crippen LogP contribution in [-0.2, 0) is 11.3 Å². The van der Waals surface area contributed by atoms with Crippen LogP contribution in [0.2, 0.25) is 5.02 Å². The number of hydrogen-bond acceptors (Lipinski definition) is 6. The number of hydrogen-bond donors (Lipinski definition) is 1. The lowest BCUT2D eigenvalue weighted by Crippen LogP contribution is -2.15. The molecule has 1 aromatic carbocycles. The molecule has 0 spiro atoms. The average molecular weight is 452 g/mol. The van der Waals surface area contributed by atoms with Crippen molar-refractivity contribution in [2.24, 2.45) is 0 Å². The van der Waals surface area contributed by atoms with Crippen LogP contribution in [0.5, 0.6) is 5.75 Å². The van der Waals surface area contributed by atoms with E-state index in [1.165, 1.54) is 30.1 Å². The lowest BCUT2D eigenvalue weighted by Gasteiger charge is -2.09. The Morgan fingerprint density at radius 2 is 2.03 bits per heavy atom.